The fourth-order valence-corrected chi connectivity index (χ4v) is 1.01. The van der Waals surface area contributed by atoms with Crippen molar-refractivity contribution in [1.82, 2.24) is 0 Å². The molecule has 1 nitrogen and oxygen atoms in total. The van der Waals surface area contributed by atoms with Crippen LogP contribution >= 0.6 is 34.8 Å². The van der Waals surface area contributed by atoms with Crippen LogP contribution in [0.3, 0.4) is 0 Å². The van der Waals surface area contributed by atoms with Crippen molar-refractivity contribution < 1.29 is 26.8 Å². The van der Waals surface area contributed by atoms with Gasteiger partial charge in [0.2, 0.25) is 0 Å². The molecule has 0 saturated heterocycles. The Balaban J connectivity index is 0. The SMILES string of the molecule is OCCCCCC(Cl)(Cl)Cl.[Ti]. The summed E-state index contributed by atoms with van der Waals surface area (Å²) >= 11 is 16.4. The van der Waals surface area contributed by atoms with E-state index >= 15 is 0 Å². The maximum Gasteiger partial charge on any atom is 0.190 e. The molecule has 0 aromatic heterocycles. The minimum atomic E-state index is -1.12. The Morgan fingerprint density at radius 1 is 1.00 bits per heavy atom. The van der Waals surface area contributed by atoms with Gasteiger partial charge in [-0.3, -0.25) is 0 Å². The third kappa shape index (κ3) is 14.4. The summed E-state index contributed by atoms with van der Waals surface area (Å²) in [5.74, 6) is 0. The number of aliphatic hydroxyl groups excluding tert-OH is 1. The monoisotopic (exact) mass is 252 g/mol. The molecule has 0 saturated carbocycles. The number of hydrogen-bond acceptors (Lipinski definition) is 1. The molecule has 0 radical (unpaired) electrons. The van der Waals surface area contributed by atoms with Gasteiger partial charge in [-0.1, -0.05) is 41.2 Å². The van der Waals surface area contributed by atoms with Gasteiger partial charge in [0.05, 0.1) is 0 Å². The number of hydrogen-bond donors (Lipinski definition) is 1. The van der Waals surface area contributed by atoms with Gasteiger partial charge in [0.1, 0.15) is 0 Å². The van der Waals surface area contributed by atoms with Gasteiger partial charge in [-0.25, -0.2) is 0 Å². The first-order valence-corrected chi connectivity index (χ1v) is 4.37. The van der Waals surface area contributed by atoms with E-state index in [1.54, 1.807) is 0 Å². The first kappa shape index (κ1) is 15.0. The first-order valence-electron chi connectivity index (χ1n) is 3.24. The van der Waals surface area contributed by atoms with Gasteiger partial charge in [-0.05, 0) is 19.3 Å². The van der Waals surface area contributed by atoms with Gasteiger partial charge >= 0.3 is 0 Å². The van der Waals surface area contributed by atoms with E-state index in [-0.39, 0.29) is 28.3 Å². The van der Waals surface area contributed by atoms with E-state index in [2.05, 4.69) is 0 Å². The molecule has 0 rings (SSSR count). The van der Waals surface area contributed by atoms with E-state index in [1.807, 2.05) is 0 Å². The van der Waals surface area contributed by atoms with E-state index < -0.39 is 3.79 Å². The Bertz CT molecular complexity index is 84.4. The van der Waals surface area contributed by atoms with Gasteiger partial charge in [0, 0.05) is 28.3 Å². The average Bonchev–Trinajstić information content (AvgIpc) is 1.78. The fourth-order valence-electron chi connectivity index (χ4n) is 0.614. The minimum absolute atomic E-state index is 0. The minimum Gasteiger partial charge on any atom is -0.396 e. The van der Waals surface area contributed by atoms with Gasteiger partial charge in [0.25, 0.3) is 0 Å². The molecule has 0 amide bonds. The predicted molar refractivity (Wildman–Crippen MR) is 45.8 cm³/mol. The van der Waals surface area contributed by atoms with E-state index in [0.29, 0.717) is 6.42 Å². The molecule has 0 bridgehead atoms. The van der Waals surface area contributed by atoms with Crippen LogP contribution in [-0.4, -0.2) is 15.5 Å². The Morgan fingerprint density at radius 3 is 1.91 bits per heavy atom. The maximum absolute atomic E-state index is 8.40. The summed E-state index contributed by atoms with van der Waals surface area (Å²) < 4.78 is -1.12. The van der Waals surface area contributed by atoms with Crippen molar-refractivity contribution in [1.29, 1.82) is 0 Å². The molecule has 0 unspecified atom stereocenters. The molecule has 0 aromatic rings. The molecule has 11 heavy (non-hydrogen) atoms. The van der Waals surface area contributed by atoms with Crippen molar-refractivity contribution in [3.8, 4) is 0 Å². The van der Waals surface area contributed by atoms with Crippen LogP contribution in [0, 0.1) is 0 Å². The average molecular weight is 253 g/mol. The second-order valence-corrected chi connectivity index (χ2v) is 4.67. The summed E-state index contributed by atoms with van der Waals surface area (Å²) in [5, 5.41) is 8.40. The quantitative estimate of drug-likeness (QED) is 0.464. The molecule has 0 heterocycles. The number of alkyl halides is 3. The van der Waals surface area contributed by atoms with Crippen LogP contribution < -0.4 is 0 Å². The Morgan fingerprint density at radius 2 is 1.55 bits per heavy atom. The molecule has 0 atom stereocenters. The number of unbranched alkanes of at least 4 members (excludes halogenated alkanes) is 2. The van der Waals surface area contributed by atoms with Gasteiger partial charge in [0.15, 0.2) is 3.79 Å². The zero-order chi connectivity index (χ0) is 8.04. The van der Waals surface area contributed by atoms with Gasteiger partial charge < -0.3 is 5.11 Å². The van der Waals surface area contributed by atoms with Crippen molar-refractivity contribution in [2.75, 3.05) is 6.61 Å². The molecule has 0 fully saturated rings. The molecule has 1 N–H and O–H groups in total. The Labute approximate surface area is 97.3 Å². The fraction of sp³-hybridized carbons (Fsp3) is 1.00. The first-order chi connectivity index (χ1) is 4.56. The number of halogens is 3. The molecule has 66 valence electrons. The zero-order valence-corrected chi connectivity index (χ0v) is 9.95. The third-order valence-corrected chi connectivity index (χ3v) is 1.69. The van der Waals surface area contributed by atoms with Crippen molar-refractivity contribution in [2.24, 2.45) is 0 Å². The molecule has 0 spiro atoms. The normalized spacial score (nSPS) is 10.9. The summed E-state index contributed by atoms with van der Waals surface area (Å²) in [6.45, 7) is 0.222. The second-order valence-electron chi connectivity index (χ2n) is 2.15. The van der Waals surface area contributed by atoms with E-state index in [0.717, 1.165) is 19.3 Å². The third-order valence-electron chi connectivity index (χ3n) is 1.12. The van der Waals surface area contributed by atoms with Crippen LogP contribution in [0.15, 0.2) is 0 Å². The van der Waals surface area contributed by atoms with Crippen molar-refractivity contribution in [2.45, 2.75) is 29.5 Å². The molecule has 0 aliphatic carbocycles. The molecule has 0 aliphatic rings. The van der Waals surface area contributed by atoms with E-state index in [1.165, 1.54) is 0 Å². The maximum atomic E-state index is 8.40. The molecule has 0 aromatic carbocycles. The van der Waals surface area contributed by atoms with Crippen molar-refractivity contribution >= 4 is 34.8 Å². The van der Waals surface area contributed by atoms with Crippen LogP contribution in [0.1, 0.15) is 25.7 Å². The summed E-state index contributed by atoms with van der Waals surface area (Å²) in [5.41, 5.74) is 0. The summed E-state index contributed by atoms with van der Waals surface area (Å²) in [7, 11) is 0. The van der Waals surface area contributed by atoms with Crippen LogP contribution in [0.2, 0.25) is 0 Å². The standard InChI is InChI=1S/C6H11Cl3O.Ti/c7-6(8,9)4-2-1-3-5-10;/h10H,1-5H2;. The molecular weight excluding hydrogens is 242 g/mol. The van der Waals surface area contributed by atoms with Crippen molar-refractivity contribution in [3.05, 3.63) is 0 Å². The summed E-state index contributed by atoms with van der Waals surface area (Å²) in [6, 6.07) is 0. The predicted octanol–water partition coefficient (Wildman–Crippen LogP) is 2.91. The molecule has 5 heteroatoms. The second kappa shape index (κ2) is 8.16. The van der Waals surface area contributed by atoms with Crippen LogP contribution in [-0.2, 0) is 21.7 Å². The number of rotatable bonds is 4. The van der Waals surface area contributed by atoms with E-state index in [4.69, 9.17) is 39.9 Å². The van der Waals surface area contributed by atoms with Crippen LogP contribution in [0.5, 0.6) is 0 Å². The van der Waals surface area contributed by atoms with Crippen molar-refractivity contribution in [3.63, 3.8) is 0 Å². The molecule has 0 aliphatic heterocycles. The topological polar surface area (TPSA) is 20.2 Å². The smallest absolute Gasteiger partial charge is 0.190 e. The van der Waals surface area contributed by atoms with E-state index in [9.17, 15) is 0 Å². The van der Waals surface area contributed by atoms with Gasteiger partial charge in [-0.2, -0.15) is 0 Å². The largest absolute Gasteiger partial charge is 0.396 e. The summed E-state index contributed by atoms with van der Waals surface area (Å²) in [6.07, 6.45) is 3.14. The Hall–Kier alpha value is 1.54. The number of aliphatic hydroxyl groups is 1. The molecular formula is C6H11Cl3OTi. The van der Waals surface area contributed by atoms with Crippen LogP contribution in [0.25, 0.3) is 0 Å². The van der Waals surface area contributed by atoms with Crippen LogP contribution in [0.4, 0.5) is 0 Å². The van der Waals surface area contributed by atoms with Gasteiger partial charge in [-0.15, -0.1) is 0 Å². The zero-order valence-electron chi connectivity index (χ0n) is 6.12. The Kier molecular flexibility index (Phi) is 11.1. The summed E-state index contributed by atoms with van der Waals surface area (Å²) in [4.78, 5) is 0.